The minimum atomic E-state index is -3.58. The van der Waals surface area contributed by atoms with Crippen LogP contribution in [0.1, 0.15) is 30.4 Å². The van der Waals surface area contributed by atoms with Crippen LogP contribution in [0.2, 0.25) is 5.02 Å². The Hall–Kier alpha value is -1.74. The maximum atomic E-state index is 12.6. The van der Waals surface area contributed by atoms with Crippen molar-refractivity contribution in [3.63, 3.8) is 0 Å². The summed E-state index contributed by atoms with van der Waals surface area (Å²) < 4.78 is 37.5. The molecule has 1 aliphatic rings. The summed E-state index contributed by atoms with van der Waals surface area (Å²) in [5.41, 5.74) is 0.752. The number of benzene rings is 1. The van der Waals surface area contributed by atoms with Crippen LogP contribution in [0.15, 0.2) is 34.1 Å². The van der Waals surface area contributed by atoms with Crippen molar-refractivity contribution in [2.45, 2.75) is 19.4 Å². The fraction of sp³-hybridized carbons (Fsp3) is 0.375. The van der Waals surface area contributed by atoms with Crippen LogP contribution in [-0.4, -0.2) is 42.6 Å². The first kappa shape index (κ1) is 18.1. The number of sulfonamides is 1. The molecule has 0 N–H and O–H groups in total. The van der Waals surface area contributed by atoms with Gasteiger partial charge in [0.2, 0.25) is 21.8 Å². The highest BCUT2D eigenvalue weighted by Gasteiger charge is 2.31. The van der Waals surface area contributed by atoms with Gasteiger partial charge in [-0.25, -0.2) is 8.42 Å². The molecule has 0 aliphatic carbocycles. The van der Waals surface area contributed by atoms with Crippen molar-refractivity contribution in [2.75, 3.05) is 19.7 Å². The summed E-state index contributed by atoms with van der Waals surface area (Å²) in [5, 5.41) is 9.61. The van der Waals surface area contributed by atoms with Crippen molar-refractivity contribution < 1.29 is 17.6 Å². The van der Waals surface area contributed by atoms with Gasteiger partial charge in [0.25, 0.3) is 0 Å². The zero-order valence-electron chi connectivity index (χ0n) is 13.6. The topological polar surface area (TPSA) is 85.5 Å². The second kappa shape index (κ2) is 7.65. The normalized spacial score (nSPS) is 19.5. The highest BCUT2D eigenvalue weighted by Crippen LogP contribution is 2.24. The highest BCUT2D eigenvalue weighted by atomic mass is 35.5. The average Bonchev–Trinajstić information content (AvgIpc) is 3.11. The Labute approximate surface area is 151 Å². The third-order valence-electron chi connectivity index (χ3n) is 3.75. The summed E-state index contributed by atoms with van der Waals surface area (Å²) in [6.07, 6.45) is 1.60. The number of rotatable bonds is 5. The van der Waals surface area contributed by atoms with Gasteiger partial charge in [-0.05, 0) is 23.8 Å². The Morgan fingerprint density at radius 2 is 2.08 bits per heavy atom. The van der Waals surface area contributed by atoms with E-state index in [0.29, 0.717) is 23.2 Å². The largest absolute Gasteiger partial charge is 0.422 e. The van der Waals surface area contributed by atoms with E-state index in [4.69, 9.17) is 20.8 Å². The number of ether oxygens (including phenoxy) is 1. The van der Waals surface area contributed by atoms with Gasteiger partial charge >= 0.3 is 0 Å². The molecule has 3 rings (SSSR count). The first-order chi connectivity index (χ1) is 12.0. The quantitative estimate of drug-likeness (QED) is 0.789. The van der Waals surface area contributed by atoms with E-state index in [9.17, 15) is 8.42 Å². The molecular weight excluding hydrogens is 366 g/mol. The van der Waals surface area contributed by atoms with Crippen molar-refractivity contribution in [1.29, 1.82) is 0 Å². The van der Waals surface area contributed by atoms with Gasteiger partial charge in [0, 0.05) is 29.9 Å². The molecule has 2 heterocycles. The second-order valence-electron chi connectivity index (χ2n) is 5.50. The monoisotopic (exact) mass is 383 g/mol. The molecule has 0 bridgehead atoms. The first-order valence-electron chi connectivity index (χ1n) is 7.85. The summed E-state index contributed by atoms with van der Waals surface area (Å²) in [4.78, 5) is 0. The predicted octanol–water partition coefficient (Wildman–Crippen LogP) is 2.66. The van der Waals surface area contributed by atoms with Crippen LogP contribution < -0.4 is 0 Å². The molecule has 0 saturated carbocycles. The minimum absolute atomic E-state index is 0.138. The van der Waals surface area contributed by atoms with Crippen LogP contribution in [0.3, 0.4) is 0 Å². The lowest BCUT2D eigenvalue weighted by Gasteiger charge is -2.29. The van der Waals surface area contributed by atoms with Crippen LogP contribution in [0.25, 0.3) is 6.08 Å². The molecular formula is C16H18ClN3O4S. The second-order valence-corrected chi connectivity index (χ2v) is 7.76. The van der Waals surface area contributed by atoms with Gasteiger partial charge in [0.15, 0.2) is 0 Å². The summed E-state index contributed by atoms with van der Waals surface area (Å²) in [6, 6.07) is 6.92. The van der Waals surface area contributed by atoms with E-state index in [-0.39, 0.29) is 19.7 Å². The van der Waals surface area contributed by atoms with Crippen molar-refractivity contribution in [3.05, 3.63) is 52.0 Å². The number of aromatic nitrogens is 2. The molecule has 9 heteroatoms. The maximum Gasteiger partial charge on any atom is 0.246 e. The molecule has 1 aromatic heterocycles. The van der Waals surface area contributed by atoms with E-state index in [1.807, 2.05) is 6.92 Å². The van der Waals surface area contributed by atoms with Gasteiger partial charge in [0.05, 0.1) is 6.61 Å². The fourth-order valence-electron chi connectivity index (χ4n) is 2.37. The van der Waals surface area contributed by atoms with E-state index in [1.54, 1.807) is 24.3 Å². The van der Waals surface area contributed by atoms with E-state index in [0.717, 1.165) is 5.56 Å². The van der Waals surface area contributed by atoms with Crippen LogP contribution in [0.5, 0.6) is 0 Å². The van der Waals surface area contributed by atoms with E-state index < -0.39 is 16.1 Å². The summed E-state index contributed by atoms with van der Waals surface area (Å²) in [5.74, 6) is 0.805. The van der Waals surface area contributed by atoms with Crippen molar-refractivity contribution in [3.8, 4) is 0 Å². The molecule has 0 amide bonds. The third-order valence-corrected chi connectivity index (χ3v) is 5.54. The average molecular weight is 384 g/mol. The molecule has 7 nitrogen and oxygen atoms in total. The molecule has 1 aliphatic heterocycles. The van der Waals surface area contributed by atoms with E-state index >= 15 is 0 Å². The first-order valence-corrected chi connectivity index (χ1v) is 9.74. The van der Waals surface area contributed by atoms with Crippen LogP contribution >= 0.6 is 11.6 Å². The van der Waals surface area contributed by atoms with Crippen LogP contribution in [0.4, 0.5) is 0 Å². The number of halogens is 1. The number of morpholine rings is 1. The van der Waals surface area contributed by atoms with Crippen LogP contribution in [0, 0.1) is 0 Å². The van der Waals surface area contributed by atoms with Crippen LogP contribution in [-0.2, 0) is 21.2 Å². The third kappa shape index (κ3) is 4.46. The zero-order chi connectivity index (χ0) is 17.9. The molecule has 0 spiro atoms. The lowest BCUT2D eigenvalue weighted by atomic mass is 10.2. The minimum Gasteiger partial charge on any atom is -0.422 e. The summed E-state index contributed by atoms with van der Waals surface area (Å²) in [6.45, 7) is 2.58. The van der Waals surface area contributed by atoms with Crippen molar-refractivity contribution in [1.82, 2.24) is 14.5 Å². The zero-order valence-corrected chi connectivity index (χ0v) is 15.2. The summed E-state index contributed by atoms with van der Waals surface area (Å²) in [7, 11) is -3.58. The molecule has 1 unspecified atom stereocenters. The Morgan fingerprint density at radius 1 is 1.32 bits per heavy atom. The molecule has 134 valence electrons. The Kier molecular flexibility index (Phi) is 5.53. The van der Waals surface area contributed by atoms with Gasteiger partial charge < -0.3 is 9.15 Å². The Morgan fingerprint density at radius 3 is 2.76 bits per heavy atom. The van der Waals surface area contributed by atoms with Gasteiger partial charge in [-0.3, -0.25) is 0 Å². The number of hydrogen-bond donors (Lipinski definition) is 0. The lowest BCUT2D eigenvalue weighted by Crippen LogP contribution is -2.41. The fourth-order valence-corrected chi connectivity index (χ4v) is 3.67. The number of nitrogens with zero attached hydrogens (tertiary/aromatic N) is 3. The smallest absolute Gasteiger partial charge is 0.246 e. The predicted molar refractivity (Wildman–Crippen MR) is 93.3 cm³/mol. The molecule has 1 atom stereocenters. The van der Waals surface area contributed by atoms with Crippen molar-refractivity contribution in [2.24, 2.45) is 0 Å². The van der Waals surface area contributed by atoms with E-state index in [1.165, 1.54) is 15.8 Å². The summed E-state index contributed by atoms with van der Waals surface area (Å²) >= 11 is 5.83. The number of hydrogen-bond acceptors (Lipinski definition) is 6. The molecule has 1 aromatic carbocycles. The highest BCUT2D eigenvalue weighted by molar-refractivity contribution is 7.92. The molecule has 2 aromatic rings. The molecule has 1 fully saturated rings. The Balaban J connectivity index is 1.71. The Bertz CT molecular complexity index is 849. The molecule has 0 radical (unpaired) electrons. The standard InChI is InChI=1S/C16H18ClN3O4S/c1-2-15-18-19-16(24-15)14-11-20(8-9-23-14)25(21,22)10-7-12-3-5-13(17)6-4-12/h3-7,10,14H,2,8-9,11H2,1H3/b10-7+. The SMILES string of the molecule is CCc1nnc(C2CN(S(=O)(=O)/C=C/c3ccc(Cl)cc3)CCO2)o1. The van der Waals surface area contributed by atoms with Gasteiger partial charge in [-0.1, -0.05) is 30.7 Å². The van der Waals surface area contributed by atoms with Gasteiger partial charge in [0.1, 0.15) is 6.10 Å². The lowest BCUT2D eigenvalue weighted by molar-refractivity contribution is -0.0174. The number of aryl methyl sites for hydroxylation is 1. The molecule has 1 saturated heterocycles. The van der Waals surface area contributed by atoms with Crippen molar-refractivity contribution >= 4 is 27.7 Å². The maximum absolute atomic E-state index is 12.6. The van der Waals surface area contributed by atoms with E-state index in [2.05, 4.69) is 10.2 Å². The van der Waals surface area contributed by atoms with Gasteiger partial charge in [-0.15, -0.1) is 10.2 Å². The van der Waals surface area contributed by atoms with Gasteiger partial charge in [-0.2, -0.15) is 4.31 Å². The molecule has 25 heavy (non-hydrogen) atoms.